The van der Waals surface area contributed by atoms with Crippen molar-refractivity contribution in [3.8, 4) is 0 Å². The van der Waals surface area contributed by atoms with Crippen molar-refractivity contribution in [2.45, 2.75) is 34.1 Å². The highest BCUT2D eigenvalue weighted by molar-refractivity contribution is 9.10. The van der Waals surface area contributed by atoms with Gasteiger partial charge in [-0.1, -0.05) is 33.8 Å². The monoisotopic (exact) mass is 315 g/mol. The van der Waals surface area contributed by atoms with Crippen molar-refractivity contribution >= 4 is 15.9 Å². The number of rotatable bonds is 6. The minimum absolute atomic E-state index is 0.173. The molecule has 0 heterocycles. The third kappa shape index (κ3) is 5.49. The maximum Gasteiger partial charge on any atom is 0.137 e. The molecule has 102 valence electrons. The first kappa shape index (κ1) is 15.6. The van der Waals surface area contributed by atoms with Gasteiger partial charge in [0.15, 0.2) is 0 Å². The van der Waals surface area contributed by atoms with E-state index in [2.05, 4.69) is 48.9 Å². The van der Waals surface area contributed by atoms with Gasteiger partial charge in [-0.2, -0.15) is 0 Å². The van der Waals surface area contributed by atoms with Gasteiger partial charge in [-0.3, -0.25) is 0 Å². The van der Waals surface area contributed by atoms with Crippen LogP contribution in [-0.2, 0) is 6.42 Å². The molecule has 0 bridgehead atoms. The summed E-state index contributed by atoms with van der Waals surface area (Å²) in [6, 6.07) is 5.26. The summed E-state index contributed by atoms with van der Waals surface area (Å²) in [4.78, 5) is 0. The van der Waals surface area contributed by atoms with Crippen LogP contribution in [0.5, 0.6) is 0 Å². The molecular formula is C15H23BrFN. The van der Waals surface area contributed by atoms with E-state index in [4.69, 9.17) is 0 Å². The van der Waals surface area contributed by atoms with Crippen molar-refractivity contribution < 1.29 is 4.39 Å². The Morgan fingerprint density at radius 3 is 2.56 bits per heavy atom. The fourth-order valence-electron chi connectivity index (χ4n) is 1.96. The van der Waals surface area contributed by atoms with Crippen LogP contribution in [0.1, 0.15) is 33.3 Å². The zero-order valence-corrected chi connectivity index (χ0v) is 13.3. The summed E-state index contributed by atoms with van der Waals surface area (Å²) in [6.07, 6.45) is 0.941. The lowest BCUT2D eigenvalue weighted by Crippen LogP contribution is -2.33. The molecule has 0 amide bonds. The van der Waals surface area contributed by atoms with Crippen molar-refractivity contribution in [3.05, 3.63) is 34.1 Å². The minimum atomic E-state index is -0.200. The lowest BCUT2D eigenvalue weighted by Gasteiger charge is -2.26. The van der Waals surface area contributed by atoms with E-state index in [9.17, 15) is 4.39 Å². The topological polar surface area (TPSA) is 12.0 Å². The first-order chi connectivity index (χ1) is 8.30. The molecule has 1 aromatic rings. The Balaban J connectivity index is 2.55. The van der Waals surface area contributed by atoms with Gasteiger partial charge in [-0.05, 0) is 57.9 Å². The molecule has 0 fully saturated rings. The lowest BCUT2D eigenvalue weighted by atomic mass is 9.85. The van der Waals surface area contributed by atoms with Crippen molar-refractivity contribution in [2.75, 3.05) is 13.1 Å². The predicted molar refractivity (Wildman–Crippen MR) is 79.3 cm³/mol. The third-order valence-electron chi connectivity index (χ3n) is 2.82. The molecule has 0 aliphatic rings. The van der Waals surface area contributed by atoms with Crippen LogP contribution in [0, 0.1) is 17.2 Å². The number of nitrogens with one attached hydrogen (secondary N) is 1. The van der Waals surface area contributed by atoms with Gasteiger partial charge in [0.05, 0.1) is 4.47 Å². The molecule has 0 saturated heterocycles. The summed E-state index contributed by atoms with van der Waals surface area (Å²) in [5.74, 6) is 0.468. The fourth-order valence-corrected chi connectivity index (χ4v) is 2.39. The van der Waals surface area contributed by atoms with Crippen molar-refractivity contribution in [1.29, 1.82) is 0 Å². The van der Waals surface area contributed by atoms with Gasteiger partial charge in [-0.15, -0.1) is 0 Å². The molecule has 1 nitrogen and oxygen atoms in total. The molecule has 0 saturated carbocycles. The van der Waals surface area contributed by atoms with E-state index in [1.807, 2.05) is 12.1 Å². The number of halogens is 2. The molecule has 0 aliphatic carbocycles. The van der Waals surface area contributed by atoms with Crippen molar-refractivity contribution in [3.63, 3.8) is 0 Å². The second-order valence-electron chi connectivity index (χ2n) is 6.11. The van der Waals surface area contributed by atoms with Gasteiger partial charge >= 0.3 is 0 Å². The van der Waals surface area contributed by atoms with Gasteiger partial charge in [-0.25, -0.2) is 4.39 Å². The van der Waals surface area contributed by atoms with E-state index >= 15 is 0 Å². The molecule has 0 aromatic heterocycles. The summed E-state index contributed by atoms with van der Waals surface area (Å²) >= 11 is 3.23. The Morgan fingerprint density at radius 2 is 2.00 bits per heavy atom. The van der Waals surface area contributed by atoms with E-state index in [1.54, 1.807) is 0 Å². The standard InChI is InChI=1S/C15H23BrFN/c1-11(2)9-18-10-15(3,4)8-12-5-6-14(17)13(16)7-12/h5-7,11,18H,8-10H2,1-4H3. The molecule has 0 unspecified atom stereocenters. The van der Waals surface area contributed by atoms with E-state index in [1.165, 1.54) is 11.6 Å². The Kier molecular flexibility index (Phi) is 5.80. The van der Waals surface area contributed by atoms with E-state index in [-0.39, 0.29) is 11.2 Å². The zero-order chi connectivity index (χ0) is 13.8. The summed E-state index contributed by atoms with van der Waals surface area (Å²) < 4.78 is 13.7. The SMILES string of the molecule is CC(C)CNCC(C)(C)Cc1ccc(F)c(Br)c1. The fraction of sp³-hybridized carbons (Fsp3) is 0.600. The molecule has 18 heavy (non-hydrogen) atoms. The lowest BCUT2D eigenvalue weighted by molar-refractivity contribution is 0.330. The highest BCUT2D eigenvalue weighted by Gasteiger charge is 2.18. The Labute approximate surface area is 118 Å². The highest BCUT2D eigenvalue weighted by Crippen LogP contribution is 2.24. The van der Waals surface area contributed by atoms with Gasteiger partial charge in [0.1, 0.15) is 5.82 Å². The average molecular weight is 316 g/mol. The Hall–Kier alpha value is -0.410. The minimum Gasteiger partial charge on any atom is -0.316 e. The average Bonchev–Trinajstić information content (AvgIpc) is 2.22. The Morgan fingerprint density at radius 1 is 1.33 bits per heavy atom. The second-order valence-corrected chi connectivity index (χ2v) is 6.97. The molecule has 0 radical (unpaired) electrons. The van der Waals surface area contributed by atoms with Gasteiger partial charge < -0.3 is 5.32 Å². The summed E-state index contributed by atoms with van der Waals surface area (Å²) in [6.45, 7) is 10.9. The smallest absolute Gasteiger partial charge is 0.137 e. The van der Waals surface area contributed by atoms with E-state index < -0.39 is 0 Å². The molecule has 1 rings (SSSR count). The first-order valence-corrected chi connectivity index (χ1v) is 7.24. The van der Waals surface area contributed by atoms with Crippen LogP contribution in [0.4, 0.5) is 4.39 Å². The van der Waals surface area contributed by atoms with Crippen LogP contribution in [0.3, 0.4) is 0 Å². The number of hydrogen-bond acceptors (Lipinski definition) is 1. The molecule has 0 spiro atoms. The van der Waals surface area contributed by atoms with Crippen LogP contribution in [0.25, 0.3) is 0 Å². The van der Waals surface area contributed by atoms with E-state index in [0.29, 0.717) is 10.4 Å². The first-order valence-electron chi connectivity index (χ1n) is 6.45. The molecule has 0 aliphatic heterocycles. The highest BCUT2D eigenvalue weighted by atomic mass is 79.9. The molecular weight excluding hydrogens is 293 g/mol. The third-order valence-corrected chi connectivity index (χ3v) is 3.43. The van der Waals surface area contributed by atoms with Crippen molar-refractivity contribution in [2.24, 2.45) is 11.3 Å². The molecule has 1 N–H and O–H groups in total. The normalized spacial score (nSPS) is 12.2. The summed E-state index contributed by atoms with van der Waals surface area (Å²) in [5, 5.41) is 3.49. The Bertz CT molecular complexity index is 388. The van der Waals surface area contributed by atoms with Gasteiger partial charge in [0, 0.05) is 6.54 Å². The molecule has 0 atom stereocenters. The predicted octanol–water partition coefficient (Wildman–Crippen LogP) is 4.40. The van der Waals surface area contributed by atoms with Crippen LogP contribution in [-0.4, -0.2) is 13.1 Å². The maximum atomic E-state index is 13.2. The van der Waals surface area contributed by atoms with E-state index in [0.717, 1.165) is 19.5 Å². The quantitative estimate of drug-likeness (QED) is 0.820. The van der Waals surface area contributed by atoms with Gasteiger partial charge in [0.25, 0.3) is 0 Å². The second kappa shape index (κ2) is 6.67. The number of benzene rings is 1. The van der Waals surface area contributed by atoms with Crippen LogP contribution >= 0.6 is 15.9 Å². The van der Waals surface area contributed by atoms with Crippen LogP contribution < -0.4 is 5.32 Å². The molecule has 1 aromatic carbocycles. The maximum absolute atomic E-state index is 13.2. The summed E-state index contributed by atoms with van der Waals surface area (Å²) in [7, 11) is 0. The summed E-state index contributed by atoms with van der Waals surface area (Å²) in [5.41, 5.74) is 1.34. The van der Waals surface area contributed by atoms with Crippen LogP contribution in [0.15, 0.2) is 22.7 Å². The van der Waals surface area contributed by atoms with Crippen LogP contribution in [0.2, 0.25) is 0 Å². The number of hydrogen-bond donors (Lipinski definition) is 1. The largest absolute Gasteiger partial charge is 0.316 e. The zero-order valence-electron chi connectivity index (χ0n) is 11.7. The molecule has 3 heteroatoms. The van der Waals surface area contributed by atoms with Crippen molar-refractivity contribution in [1.82, 2.24) is 5.32 Å². The van der Waals surface area contributed by atoms with Gasteiger partial charge in [0.2, 0.25) is 0 Å².